The standard InChI is InChI=1S/C28H49N3O19/c29-7-16(36)31-15(35)4-2-1-3-14(34)30-5-6-45-27-24(44)25(50-28-23(43)21(41)18(38)12(9-33)48-28)19(39)13(49-27)10-46-26-22(42)20(40)17(37)11(8-32)47-26/h11-13,17-28,32-33,37-44H,1-10,29H2,(H,30,34)(H,31,35,36)/t11-,12-,13-,17-,18-,19-,20+,21+,22+,23+,24+,25+,26+,27+,28-/m1/s1. The predicted molar refractivity (Wildman–Crippen MR) is 159 cm³/mol. The van der Waals surface area contributed by atoms with Gasteiger partial charge in [-0.2, -0.15) is 0 Å². The van der Waals surface area contributed by atoms with Gasteiger partial charge in [0.2, 0.25) is 17.7 Å². The van der Waals surface area contributed by atoms with Crippen molar-refractivity contribution in [3.8, 4) is 0 Å². The first kappa shape index (κ1) is 42.3. The summed E-state index contributed by atoms with van der Waals surface area (Å²) >= 11 is 0. The zero-order valence-corrected chi connectivity index (χ0v) is 27.0. The number of imide groups is 1. The van der Waals surface area contributed by atoms with E-state index in [-0.39, 0.29) is 32.5 Å². The Bertz CT molecular complexity index is 1070. The number of carbonyl (C=O) groups is 3. The van der Waals surface area contributed by atoms with Crippen LogP contribution in [0, 0.1) is 0 Å². The average molecular weight is 732 g/mol. The van der Waals surface area contributed by atoms with Crippen molar-refractivity contribution in [1.82, 2.24) is 10.6 Å². The van der Waals surface area contributed by atoms with Crippen LogP contribution < -0.4 is 16.4 Å². The van der Waals surface area contributed by atoms with E-state index in [0.29, 0.717) is 12.8 Å². The molecule has 15 atom stereocenters. The molecule has 0 bridgehead atoms. The third-order valence-corrected chi connectivity index (χ3v) is 8.28. The Hall–Kier alpha value is -2.07. The molecule has 3 heterocycles. The Morgan fingerprint density at radius 3 is 1.70 bits per heavy atom. The summed E-state index contributed by atoms with van der Waals surface area (Å²) in [6.45, 7) is -2.86. The molecule has 3 fully saturated rings. The molecule has 0 aromatic carbocycles. The van der Waals surface area contributed by atoms with E-state index < -0.39 is 130 Å². The highest BCUT2D eigenvalue weighted by molar-refractivity contribution is 5.95. The van der Waals surface area contributed by atoms with E-state index in [4.69, 9.17) is 34.2 Å². The van der Waals surface area contributed by atoms with Crippen LogP contribution in [0.1, 0.15) is 25.7 Å². The second-order valence-electron chi connectivity index (χ2n) is 12.0. The highest BCUT2D eigenvalue weighted by Crippen LogP contribution is 2.31. The molecule has 0 spiro atoms. The zero-order valence-electron chi connectivity index (χ0n) is 27.0. The van der Waals surface area contributed by atoms with Crippen molar-refractivity contribution in [1.29, 1.82) is 0 Å². The van der Waals surface area contributed by atoms with Crippen molar-refractivity contribution in [2.24, 2.45) is 5.73 Å². The quantitative estimate of drug-likeness (QED) is 0.0618. The monoisotopic (exact) mass is 731 g/mol. The molecule has 3 aliphatic heterocycles. The van der Waals surface area contributed by atoms with Gasteiger partial charge in [0, 0.05) is 19.4 Å². The number of aliphatic hydroxyl groups excluding tert-OH is 10. The lowest BCUT2D eigenvalue weighted by molar-refractivity contribution is -0.366. The first-order chi connectivity index (χ1) is 23.7. The van der Waals surface area contributed by atoms with Crippen molar-refractivity contribution in [3.05, 3.63) is 0 Å². The second-order valence-corrected chi connectivity index (χ2v) is 12.0. The minimum absolute atomic E-state index is 0.0124. The fourth-order valence-electron chi connectivity index (χ4n) is 5.36. The van der Waals surface area contributed by atoms with E-state index >= 15 is 0 Å². The van der Waals surface area contributed by atoms with Crippen LogP contribution in [0.15, 0.2) is 0 Å². The van der Waals surface area contributed by atoms with Gasteiger partial charge in [-0.05, 0) is 12.8 Å². The van der Waals surface area contributed by atoms with Gasteiger partial charge in [-0.3, -0.25) is 19.7 Å². The summed E-state index contributed by atoms with van der Waals surface area (Å²) in [7, 11) is 0. The SMILES string of the molecule is NCC(=O)NC(=O)CCCCC(=O)NCCO[C@H]1O[C@H](CO[C@H]2O[C@H](CO)[C@@H](O)[C@H](O)[C@@H]2O)[C@@H](O)[C@H](O[C@H]2O[C@H](CO)[C@@H](O)[C@H](O)[C@@H]2O)[C@@H]1O. The minimum Gasteiger partial charge on any atom is -0.394 e. The summed E-state index contributed by atoms with van der Waals surface area (Å²) < 4.78 is 33.0. The number of unbranched alkanes of at least 4 members (excludes halogenated alkanes) is 1. The summed E-state index contributed by atoms with van der Waals surface area (Å²) in [4.78, 5) is 35.0. The lowest BCUT2D eigenvalue weighted by Gasteiger charge is -2.46. The van der Waals surface area contributed by atoms with E-state index in [1.54, 1.807) is 0 Å². The van der Waals surface area contributed by atoms with Gasteiger partial charge in [0.05, 0.1) is 33.0 Å². The first-order valence-corrected chi connectivity index (χ1v) is 16.0. The third kappa shape index (κ3) is 11.2. The van der Waals surface area contributed by atoms with Crippen molar-refractivity contribution in [2.45, 2.75) is 118 Å². The van der Waals surface area contributed by atoms with Crippen LogP contribution in [-0.2, 0) is 42.8 Å². The van der Waals surface area contributed by atoms with Gasteiger partial charge >= 0.3 is 0 Å². The molecule has 3 amide bonds. The minimum atomic E-state index is -1.91. The molecule has 290 valence electrons. The molecule has 22 nitrogen and oxygen atoms in total. The number of ether oxygens (including phenoxy) is 6. The average Bonchev–Trinajstić information content (AvgIpc) is 3.10. The molecule has 14 N–H and O–H groups in total. The lowest BCUT2D eigenvalue weighted by Crippen LogP contribution is -2.65. The van der Waals surface area contributed by atoms with Crippen LogP contribution >= 0.6 is 0 Å². The fraction of sp³-hybridized carbons (Fsp3) is 0.893. The molecule has 0 aromatic rings. The highest BCUT2D eigenvalue weighted by Gasteiger charge is 2.52. The summed E-state index contributed by atoms with van der Waals surface area (Å²) in [5.74, 6) is -1.54. The van der Waals surface area contributed by atoms with Crippen LogP contribution in [-0.4, -0.2) is 200 Å². The predicted octanol–water partition coefficient (Wildman–Crippen LogP) is -8.27. The Kier molecular flexibility index (Phi) is 17.1. The summed E-state index contributed by atoms with van der Waals surface area (Å²) in [5, 5.41) is 107. The Morgan fingerprint density at radius 1 is 0.600 bits per heavy atom. The fourth-order valence-corrected chi connectivity index (χ4v) is 5.36. The van der Waals surface area contributed by atoms with Crippen molar-refractivity contribution in [3.63, 3.8) is 0 Å². The van der Waals surface area contributed by atoms with Crippen LogP contribution in [0.4, 0.5) is 0 Å². The van der Waals surface area contributed by atoms with E-state index in [0.717, 1.165) is 0 Å². The molecule has 0 aliphatic carbocycles. The number of aliphatic hydroxyl groups is 10. The summed E-state index contributed by atoms with van der Waals surface area (Å²) in [5.41, 5.74) is 5.13. The van der Waals surface area contributed by atoms with Crippen LogP contribution in [0.25, 0.3) is 0 Å². The van der Waals surface area contributed by atoms with Gasteiger partial charge in [-0.15, -0.1) is 0 Å². The Labute approximate surface area is 285 Å². The number of hydrogen-bond acceptors (Lipinski definition) is 20. The normalized spacial score (nSPS) is 39.1. The van der Waals surface area contributed by atoms with Crippen molar-refractivity contribution in [2.75, 3.05) is 39.5 Å². The van der Waals surface area contributed by atoms with Gasteiger partial charge in [-0.25, -0.2) is 0 Å². The van der Waals surface area contributed by atoms with E-state index in [1.165, 1.54) is 0 Å². The number of hydrogen-bond donors (Lipinski definition) is 13. The van der Waals surface area contributed by atoms with Gasteiger partial charge in [0.25, 0.3) is 0 Å². The van der Waals surface area contributed by atoms with Gasteiger partial charge < -0.3 is 90.5 Å². The topological polar surface area (TPSA) is 359 Å². The molecule has 0 aromatic heterocycles. The van der Waals surface area contributed by atoms with Gasteiger partial charge in [0.1, 0.15) is 73.2 Å². The van der Waals surface area contributed by atoms with Crippen molar-refractivity contribution < 1.29 is 93.9 Å². The lowest BCUT2D eigenvalue weighted by atomic mass is 9.96. The first-order valence-electron chi connectivity index (χ1n) is 16.0. The smallest absolute Gasteiger partial charge is 0.240 e. The van der Waals surface area contributed by atoms with Crippen LogP contribution in [0.5, 0.6) is 0 Å². The van der Waals surface area contributed by atoms with Gasteiger partial charge in [0.15, 0.2) is 18.9 Å². The molecule has 0 saturated carbocycles. The summed E-state index contributed by atoms with van der Waals surface area (Å²) in [6.07, 6.45) is -24.6. The number of nitrogens with two attached hydrogens (primary N) is 1. The third-order valence-electron chi connectivity index (χ3n) is 8.28. The molecular weight excluding hydrogens is 682 g/mol. The number of carbonyl (C=O) groups excluding carboxylic acids is 3. The van der Waals surface area contributed by atoms with Crippen LogP contribution in [0.2, 0.25) is 0 Å². The highest BCUT2D eigenvalue weighted by atomic mass is 16.7. The number of rotatable bonds is 17. The van der Waals surface area contributed by atoms with Crippen LogP contribution in [0.3, 0.4) is 0 Å². The number of amides is 3. The molecule has 3 saturated heterocycles. The largest absolute Gasteiger partial charge is 0.394 e. The van der Waals surface area contributed by atoms with E-state index in [1.807, 2.05) is 0 Å². The zero-order chi connectivity index (χ0) is 37.1. The van der Waals surface area contributed by atoms with Crippen molar-refractivity contribution >= 4 is 17.7 Å². The maximum absolute atomic E-state index is 12.2. The maximum Gasteiger partial charge on any atom is 0.240 e. The Balaban J connectivity index is 1.61. The Morgan fingerprint density at radius 2 is 1.12 bits per heavy atom. The molecule has 0 radical (unpaired) electrons. The van der Waals surface area contributed by atoms with E-state index in [2.05, 4.69) is 10.6 Å². The number of nitrogens with one attached hydrogen (secondary N) is 2. The molecule has 22 heteroatoms. The molecule has 3 aliphatic rings. The second kappa shape index (κ2) is 20.2. The molecule has 3 rings (SSSR count). The molecular formula is C28H49N3O19. The summed E-state index contributed by atoms with van der Waals surface area (Å²) in [6, 6.07) is 0. The molecule has 0 unspecified atom stereocenters. The van der Waals surface area contributed by atoms with Gasteiger partial charge in [-0.1, -0.05) is 0 Å². The maximum atomic E-state index is 12.2. The molecule has 50 heavy (non-hydrogen) atoms. The van der Waals surface area contributed by atoms with E-state index in [9.17, 15) is 65.4 Å².